The maximum absolute atomic E-state index is 12.0. The molecular formula is C15H22N4OS2. The summed E-state index contributed by atoms with van der Waals surface area (Å²) in [6.07, 6.45) is 2.11. The minimum absolute atomic E-state index is 0.00899. The summed E-state index contributed by atoms with van der Waals surface area (Å²) in [7, 11) is 0. The summed E-state index contributed by atoms with van der Waals surface area (Å²) in [6, 6.07) is 2.11. The monoisotopic (exact) mass is 338 g/mol. The highest BCUT2D eigenvalue weighted by molar-refractivity contribution is 7.99. The van der Waals surface area contributed by atoms with Gasteiger partial charge in [-0.15, -0.1) is 11.3 Å². The van der Waals surface area contributed by atoms with Gasteiger partial charge in [0, 0.05) is 6.04 Å². The molecule has 1 atom stereocenters. The van der Waals surface area contributed by atoms with Crippen molar-refractivity contribution in [1.29, 1.82) is 0 Å². The largest absolute Gasteiger partial charge is 0.383 e. The van der Waals surface area contributed by atoms with Crippen LogP contribution in [0.2, 0.25) is 0 Å². The molecule has 0 aliphatic heterocycles. The van der Waals surface area contributed by atoms with E-state index in [9.17, 15) is 4.79 Å². The molecule has 7 heteroatoms. The van der Waals surface area contributed by atoms with Crippen LogP contribution in [0.4, 0.5) is 5.82 Å². The summed E-state index contributed by atoms with van der Waals surface area (Å²) in [5.41, 5.74) is 5.90. The van der Waals surface area contributed by atoms with Gasteiger partial charge >= 0.3 is 0 Å². The SMILES string of the molecule is CC(C)CCC(C)NC(=O)CSc1nc(N)c2ccsc2n1. The minimum Gasteiger partial charge on any atom is -0.383 e. The van der Waals surface area contributed by atoms with Crippen LogP contribution in [0.25, 0.3) is 10.2 Å². The van der Waals surface area contributed by atoms with E-state index in [1.807, 2.05) is 18.4 Å². The Morgan fingerprint density at radius 3 is 2.86 bits per heavy atom. The predicted octanol–water partition coefficient (Wildman–Crippen LogP) is 3.31. The number of amides is 1. The van der Waals surface area contributed by atoms with Crippen LogP contribution in [0.1, 0.15) is 33.6 Å². The van der Waals surface area contributed by atoms with Gasteiger partial charge in [0.25, 0.3) is 0 Å². The van der Waals surface area contributed by atoms with Crippen molar-refractivity contribution >= 4 is 45.0 Å². The van der Waals surface area contributed by atoms with E-state index in [1.165, 1.54) is 23.1 Å². The van der Waals surface area contributed by atoms with Gasteiger partial charge in [-0.2, -0.15) is 0 Å². The Kier molecular flexibility index (Phi) is 6.02. The van der Waals surface area contributed by atoms with Crippen molar-refractivity contribution in [3.05, 3.63) is 11.4 Å². The molecular weight excluding hydrogens is 316 g/mol. The van der Waals surface area contributed by atoms with Crippen LogP contribution < -0.4 is 11.1 Å². The number of nitrogen functional groups attached to an aromatic ring is 1. The van der Waals surface area contributed by atoms with Crippen LogP contribution in [-0.2, 0) is 4.79 Å². The molecule has 0 spiro atoms. The number of rotatable bonds is 7. The molecule has 2 aromatic rings. The summed E-state index contributed by atoms with van der Waals surface area (Å²) >= 11 is 2.84. The lowest BCUT2D eigenvalue weighted by Gasteiger charge is -2.14. The highest BCUT2D eigenvalue weighted by Gasteiger charge is 2.11. The first-order valence-electron chi connectivity index (χ1n) is 7.38. The maximum Gasteiger partial charge on any atom is 0.230 e. The molecule has 0 fully saturated rings. The zero-order chi connectivity index (χ0) is 16.1. The fraction of sp³-hybridized carbons (Fsp3) is 0.533. The summed E-state index contributed by atoms with van der Waals surface area (Å²) < 4.78 is 0. The number of nitrogens with one attached hydrogen (secondary N) is 1. The molecule has 2 heterocycles. The van der Waals surface area contributed by atoms with Gasteiger partial charge in [-0.05, 0) is 37.1 Å². The molecule has 0 saturated carbocycles. The molecule has 0 saturated heterocycles. The quantitative estimate of drug-likeness (QED) is 0.598. The highest BCUT2D eigenvalue weighted by Crippen LogP contribution is 2.26. The van der Waals surface area contributed by atoms with E-state index in [-0.39, 0.29) is 11.9 Å². The average Bonchev–Trinajstić information content (AvgIpc) is 2.92. The molecule has 120 valence electrons. The second-order valence-electron chi connectivity index (χ2n) is 5.76. The molecule has 2 aromatic heterocycles. The zero-order valence-electron chi connectivity index (χ0n) is 13.1. The first-order chi connectivity index (χ1) is 10.5. The third-order valence-corrected chi connectivity index (χ3v) is 4.90. The van der Waals surface area contributed by atoms with Gasteiger partial charge < -0.3 is 11.1 Å². The van der Waals surface area contributed by atoms with Crippen molar-refractivity contribution in [1.82, 2.24) is 15.3 Å². The Hall–Kier alpha value is -1.34. The van der Waals surface area contributed by atoms with Gasteiger partial charge in [0.05, 0.1) is 11.1 Å². The highest BCUT2D eigenvalue weighted by atomic mass is 32.2. The standard InChI is InChI=1S/C15H22N4OS2/c1-9(2)4-5-10(3)17-12(20)8-22-15-18-13(16)11-6-7-21-14(11)19-15/h6-7,9-10H,4-5,8H2,1-3H3,(H,17,20)(H2,16,18,19). The normalized spacial score (nSPS) is 12.7. The molecule has 1 unspecified atom stereocenters. The maximum atomic E-state index is 12.0. The summed E-state index contributed by atoms with van der Waals surface area (Å²) in [4.78, 5) is 21.5. The van der Waals surface area contributed by atoms with Crippen LogP contribution in [0, 0.1) is 5.92 Å². The van der Waals surface area contributed by atoms with E-state index in [2.05, 4.69) is 29.1 Å². The van der Waals surface area contributed by atoms with Gasteiger partial charge in [-0.1, -0.05) is 25.6 Å². The number of fused-ring (bicyclic) bond motifs is 1. The van der Waals surface area contributed by atoms with Crippen LogP contribution in [0.5, 0.6) is 0 Å². The Balaban J connectivity index is 1.84. The molecule has 0 aliphatic carbocycles. The number of carbonyl (C=O) groups is 1. The number of anilines is 1. The van der Waals surface area contributed by atoms with E-state index in [0.717, 1.165) is 23.1 Å². The number of nitrogens with zero attached hydrogens (tertiary/aromatic N) is 2. The predicted molar refractivity (Wildman–Crippen MR) is 94.2 cm³/mol. The molecule has 1 amide bonds. The van der Waals surface area contributed by atoms with Crippen molar-refractivity contribution in [3.8, 4) is 0 Å². The van der Waals surface area contributed by atoms with Crippen molar-refractivity contribution in [2.45, 2.75) is 44.8 Å². The van der Waals surface area contributed by atoms with Gasteiger partial charge in [-0.3, -0.25) is 4.79 Å². The van der Waals surface area contributed by atoms with Gasteiger partial charge in [0.2, 0.25) is 5.91 Å². The molecule has 5 nitrogen and oxygen atoms in total. The Morgan fingerprint density at radius 2 is 2.14 bits per heavy atom. The number of carbonyl (C=O) groups excluding carboxylic acids is 1. The fourth-order valence-corrected chi connectivity index (χ4v) is 3.52. The average molecular weight is 339 g/mol. The number of aromatic nitrogens is 2. The van der Waals surface area contributed by atoms with Gasteiger partial charge in [-0.25, -0.2) is 9.97 Å². The third-order valence-electron chi connectivity index (χ3n) is 3.25. The fourth-order valence-electron chi connectivity index (χ4n) is 2.02. The Bertz CT molecular complexity index is 642. The van der Waals surface area contributed by atoms with Crippen molar-refractivity contribution in [3.63, 3.8) is 0 Å². The van der Waals surface area contributed by atoms with E-state index < -0.39 is 0 Å². The second kappa shape index (κ2) is 7.78. The number of thiophene rings is 1. The van der Waals surface area contributed by atoms with Crippen LogP contribution in [0.3, 0.4) is 0 Å². The lowest BCUT2D eigenvalue weighted by Crippen LogP contribution is -2.34. The molecule has 2 rings (SSSR count). The second-order valence-corrected chi connectivity index (χ2v) is 7.60. The molecule has 22 heavy (non-hydrogen) atoms. The lowest BCUT2D eigenvalue weighted by molar-refractivity contribution is -0.119. The molecule has 3 N–H and O–H groups in total. The van der Waals surface area contributed by atoms with E-state index in [0.29, 0.717) is 22.6 Å². The third kappa shape index (κ3) is 4.84. The number of hydrogen-bond acceptors (Lipinski definition) is 6. The summed E-state index contributed by atoms with van der Waals surface area (Å²) in [5, 5.41) is 6.38. The first-order valence-corrected chi connectivity index (χ1v) is 9.25. The summed E-state index contributed by atoms with van der Waals surface area (Å²) in [6.45, 7) is 6.41. The number of thioether (sulfide) groups is 1. The van der Waals surface area contributed by atoms with Crippen molar-refractivity contribution in [2.75, 3.05) is 11.5 Å². The van der Waals surface area contributed by atoms with E-state index in [1.54, 1.807) is 0 Å². The van der Waals surface area contributed by atoms with Crippen LogP contribution in [0.15, 0.2) is 16.6 Å². The molecule has 0 radical (unpaired) electrons. The molecule has 0 aromatic carbocycles. The zero-order valence-corrected chi connectivity index (χ0v) is 14.8. The number of nitrogens with two attached hydrogens (primary N) is 1. The minimum atomic E-state index is 0.00899. The number of hydrogen-bond donors (Lipinski definition) is 2. The van der Waals surface area contributed by atoms with Gasteiger partial charge in [0.1, 0.15) is 10.6 Å². The van der Waals surface area contributed by atoms with Crippen LogP contribution in [-0.4, -0.2) is 27.7 Å². The topological polar surface area (TPSA) is 80.9 Å². The van der Waals surface area contributed by atoms with E-state index >= 15 is 0 Å². The van der Waals surface area contributed by atoms with E-state index in [4.69, 9.17) is 5.73 Å². The molecule has 0 aliphatic rings. The Labute approximate surface area is 139 Å². The van der Waals surface area contributed by atoms with Crippen molar-refractivity contribution in [2.24, 2.45) is 5.92 Å². The molecule has 0 bridgehead atoms. The van der Waals surface area contributed by atoms with Crippen molar-refractivity contribution < 1.29 is 4.79 Å². The Morgan fingerprint density at radius 1 is 1.36 bits per heavy atom. The summed E-state index contributed by atoms with van der Waals surface area (Å²) in [5.74, 6) is 1.44. The smallest absolute Gasteiger partial charge is 0.230 e. The van der Waals surface area contributed by atoms with Crippen LogP contribution >= 0.6 is 23.1 Å². The van der Waals surface area contributed by atoms with Gasteiger partial charge in [0.15, 0.2) is 5.16 Å². The lowest BCUT2D eigenvalue weighted by atomic mass is 10.0. The first kappa shape index (κ1) is 17.0.